The zero-order valence-electron chi connectivity index (χ0n) is 16.2. The SMILES string of the molecule is CC(=O)N1CCC(C(=O)ONC(=O)Cc2c(C)cc(C)cc2C)CC1C. The van der Waals surface area contributed by atoms with Gasteiger partial charge in [0.25, 0.3) is 5.91 Å². The quantitative estimate of drug-likeness (QED) is 0.840. The maximum absolute atomic E-state index is 12.2. The van der Waals surface area contributed by atoms with Crippen molar-refractivity contribution in [3.8, 4) is 0 Å². The molecule has 1 fully saturated rings. The van der Waals surface area contributed by atoms with Crippen LogP contribution in [0.2, 0.25) is 0 Å². The molecule has 0 bridgehead atoms. The van der Waals surface area contributed by atoms with Gasteiger partial charge < -0.3 is 9.74 Å². The minimum absolute atomic E-state index is 0.00707. The number of likely N-dealkylation sites (tertiary alicyclic amines) is 1. The molecule has 2 rings (SSSR count). The highest BCUT2D eigenvalue weighted by atomic mass is 16.7. The lowest BCUT2D eigenvalue weighted by Crippen LogP contribution is -2.46. The number of hydrogen-bond donors (Lipinski definition) is 1. The molecule has 6 nitrogen and oxygen atoms in total. The molecule has 1 aliphatic heterocycles. The summed E-state index contributed by atoms with van der Waals surface area (Å²) in [7, 11) is 0. The van der Waals surface area contributed by atoms with E-state index in [9.17, 15) is 14.4 Å². The first-order valence-corrected chi connectivity index (χ1v) is 9.02. The van der Waals surface area contributed by atoms with Crippen LogP contribution in [0.15, 0.2) is 12.1 Å². The van der Waals surface area contributed by atoms with Crippen molar-refractivity contribution in [2.45, 2.75) is 59.9 Å². The van der Waals surface area contributed by atoms with Crippen molar-refractivity contribution in [1.82, 2.24) is 10.4 Å². The molecule has 1 aliphatic rings. The molecule has 1 N–H and O–H groups in total. The van der Waals surface area contributed by atoms with Crippen LogP contribution in [0.3, 0.4) is 0 Å². The number of aryl methyl sites for hydroxylation is 3. The third kappa shape index (κ3) is 4.84. The van der Waals surface area contributed by atoms with E-state index in [-0.39, 0.29) is 30.2 Å². The van der Waals surface area contributed by atoms with Crippen molar-refractivity contribution in [1.29, 1.82) is 0 Å². The molecule has 0 saturated carbocycles. The third-order valence-corrected chi connectivity index (χ3v) is 5.06. The zero-order chi connectivity index (χ0) is 19.4. The molecule has 1 heterocycles. The van der Waals surface area contributed by atoms with Crippen LogP contribution < -0.4 is 5.48 Å². The monoisotopic (exact) mass is 360 g/mol. The highest BCUT2D eigenvalue weighted by molar-refractivity contribution is 5.81. The van der Waals surface area contributed by atoms with E-state index in [0.29, 0.717) is 19.4 Å². The number of hydroxylamine groups is 1. The number of rotatable bonds is 3. The minimum atomic E-state index is -0.439. The maximum Gasteiger partial charge on any atom is 0.335 e. The van der Waals surface area contributed by atoms with Gasteiger partial charge >= 0.3 is 5.97 Å². The van der Waals surface area contributed by atoms with Gasteiger partial charge in [0.05, 0.1) is 12.3 Å². The summed E-state index contributed by atoms with van der Waals surface area (Å²) in [6.45, 7) is 9.94. The van der Waals surface area contributed by atoms with Gasteiger partial charge in [0.1, 0.15) is 0 Å². The summed E-state index contributed by atoms with van der Waals surface area (Å²) >= 11 is 0. The molecule has 2 amide bonds. The first-order valence-electron chi connectivity index (χ1n) is 9.02. The molecular weight excluding hydrogens is 332 g/mol. The Morgan fingerprint density at radius 2 is 1.81 bits per heavy atom. The smallest absolute Gasteiger partial charge is 0.335 e. The average Bonchev–Trinajstić information content (AvgIpc) is 2.55. The molecule has 0 radical (unpaired) electrons. The molecule has 6 heteroatoms. The molecule has 0 aromatic heterocycles. The van der Waals surface area contributed by atoms with Crippen LogP contribution in [-0.2, 0) is 25.6 Å². The second kappa shape index (κ2) is 8.34. The highest BCUT2D eigenvalue weighted by Crippen LogP contribution is 2.24. The molecule has 0 aliphatic carbocycles. The fraction of sp³-hybridized carbons (Fsp3) is 0.550. The fourth-order valence-electron chi connectivity index (χ4n) is 3.73. The summed E-state index contributed by atoms with van der Waals surface area (Å²) in [5.41, 5.74) is 6.48. The van der Waals surface area contributed by atoms with Crippen molar-refractivity contribution in [3.05, 3.63) is 34.4 Å². The highest BCUT2D eigenvalue weighted by Gasteiger charge is 2.32. The van der Waals surface area contributed by atoms with Crippen LogP contribution in [0.25, 0.3) is 0 Å². The van der Waals surface area contributed by atoms with Gasteiger partial charge in [0.15, 0.2) is 0 Å². The summed E-state index contributed by atoms with van der Waals surface area (Å²) < 4.78 is 0. The molecule has 1 aromatic carbocycles. The van der Waals surface area contributed by atoms with E-state index in [1.54, 1.807) is 4.90 Å². The molecule has 1 saturated heterocycles. The molecule has 1 aromatic rings. The van der Waals surface area contributed by atoms with Gasteiger partial charge in [0.2, 0.25) is 5.91 Å². The second-order valence-corrected chi connectivity index (χ2v) is 7.28. The van der Waals surface area contributed by atoms with Gasteiger partial charge in [0, 0.05) is 19.5 Å². The number of carbonyl (C=O) groups excluding carboxylic acids is 3. The zero-order valence-corrected chi connectivity index (χ0v) is 16.2. The van der Waals surface area contributed by atoms with Gasteiger partial charge in [-0.2, -0.15) is 5.48 Å². The largest absolute Gasteiger partial charge is 0.340 e. The first kappa shape index (κ1) is 19.9. The Bertz CT molecular complexity index is 691. The van der Waals surface area contributed by atoms with Gasteiger partial charge in [-0.15, -0.1) is 0 Å². The van der Waals surface area contributed by atoms with E-state index < -0.39 is 5.97 Å². The van der Waals surface area contributed by atoms with Gasteiger partial charge in [-0.25, -0.2) is 4.79 Å². The number of benzene rings is 1. The Morgan fingerprint density at radius 1 is 1.19 bits per heavy atom. The number of hydrogen-bond acceptors (Lipinski definition) is 4. The van der Waals surface area contributed by atoms with E-state index in [1.165, 1.54) is 6.92 Å². The van der Waals surface area contributed by atoms with Crippen molar-refractivity contribution in [3.63, 3.8) is 0 Å². The number of nitrogens with zero attached hydrogens (tertiary/aromatic N) is 1. The number of piperidine rings is 1. The van der Waals surface area contributed by atoms with Crippen LogP contribution >= 0.6 is 0 Å². The Kier molecular flexibility index (Phi) is 6.40. The first-order chi connectivity index (χ1) is 12.2. The van der Waals surface area contributed by atoms with Crippen molar-refractivity contribution < 1.29 is 19.2 Å². The summed E-state index contributed by atoms with van der Waals surface area (Å²) in [6, 6.07) is 4.06. The van der Waals surface area contributed by atoms with Crippen LogP contribution in [0.4, 0.5) is 0 Å². The van der Waals surface area contributed by atoms with Crippen LogP contribution in [-0.4, -0.2) is 35.3 Å². The van der Waals surface area contributed by atoms with E-state index in [2.05, 4.69) is 5.48 Å². The van der Waals surface area contributed by atoms with E-state index in [0.717, 1.165) is 22.3 Å². The lowest BCUT2D eigenvalue weighted by atomic mass is 9.92. The summed E-state index contributed by atoms with van der Waals surface area (Å²) in [5, 5.41) is 0. The number of carbonyl (C=O) groups is 3. The van der Waals surface area contributed by atoms with Crippen LogP contribution in [0.1, 0.15) is 48.9 Å². The van der Waals surface area contributed by atoms with E-state index in [4.69, 9.17) is 4.84 Å². The van der Waals surface area contributed by atoms with E-state index in [1.807, 2.05) is 39.8 Å². The molecule has 142 valence electrons. The molecule has 26 heavy (non-hydrogen) atoms. The Morgan fingerprint density at radius 3 is 2.35 bits per heavy atom. The molecular formula is C20H28N2O4. The summed E-state index contributed by atoms with van der Waals surface area (Å²) in [4.78, 5) is 42.6. The lowest BCUT2D eigenvalue weighted by molar-refractivity contribution is -0.164. The van der Waals surface area contributed by atoms with Gasteiger partial charge in [-0.3, -0.25) is 9.59 Å². The van der Waals surface area contributed by atoms with E-state index >= 15 is 0 Å². The lowest BCUT2D eigenvalue weighted by Gasteiger charge is -2.35. The van der Waals surface area contributed by atoms with Gasteiger partial charge in [-0.05, 0) is 57.2 Å². The number of nitrogens with one attached hydrogen (secondary N) is 1. The Hall–Kier alpha value is -2.37. The minimum Gasteiger partial charge on any atom is -0.340 e. The van der Waals surface area contributed by atoms with Crippen molar-refractivity contribution in [2.75, 3.05) is 6.54 Å². The molecule has 2 unspecified atom stereocenters. The summed E-state index contributed by atoms with van der Waals surface area (Å²) in [6.07, 6.45) is 1.27. The normalized spacial score (nSPS) is 19.8. The van der Waals surface area contributed by atoms with Crippen LogP contribution in [0.5, 0.6) is 0 Å². The predicted octanol–water partition coefficient (Wildman–Crippen LogP) is 2.38. The fourth-order valence-corrected chi connectivity index (χ4v) is 3.73. The Balaban J connectivity index is 1.86. The maximum atomic E-state index is 12.2. The Labute approximate surface area is 154 Å². The van der Waals surface area contributed by atoms with Gasteiger partial charge in [-0.1, -0.05) is 17.7 Å². The second-order valence-electron chi connectivity index (χ2n) is 7.28. The predicted molar refractivity (Wildman–Crippen MR) is 98.2 cm³/mol. The number of amides is 2. The summed E-state index contributed by atoms with van der Waals surface area (Å²) in [5.74, 6) is -1.07. The van der Waals surface area contributed by atoms with Crippen molar-refractivity contribution in [2.24, 2.45) is 5.92 Å². The standard InChI is InChI=1S/C20H28N2O4/c1-12-8-13(2)18(14(3)9-12)11-19(24)21-26-20(25)17-6-7-22(16(5)23)15(4)10-17/h8-9,15,17H,6-7,10-11H2,1-5H3,(H,21,24). The average molecular weight is 360 g/mol. The third-order valence-electron chi connectivity index (χ3n) is 5.06. The van der Waals surface area contributed by atoms with Crippen LogP contribution in [0, 0.1) is 26.7 Å². The topological polar surface area (TPSA) is 75.7 Å². The molecule has 0 spiro atoms. The molecule has 2 atom stereocenters. The van der Waals surface area contributed by atoms with Crippen molar-refractivity contribution >= 4 is 17.8 Å².